The lowest BCUT2D eigenvalue weighted by atomic mass is 10.0. The summed E-state index contributed by atoms with van der Waals surface area (Å²) >= 11 is 1.38. The Balaban J connectivity index is 1.89. The van der Waals surface area contributed by atoms with Crippen LogP contribution in [0.3, 0.4) is 0 Å². The fourth-order valence-electron chi connectivity index (χ4n) is 2.39. The monoisotopic (exact) mass is 328 g/mol. The topological polar surface area (TPSA) is 65.7 Å². The molecule has 1 aromatic heterocycles. The fraction of sp³-hybridized carbons (Fsp3) is 0.286. The van der Waals surface area contributed by atoms with Crippen LogP contribution in [0.1, 0.15) is 28.5 Å². The van der Waals surface area contributed by atoms with Gasteiger partial charge in [0.1, 0.15) is 0 Å². The first-order valence-corrected chi connectivity index (χ1v) is 7.41. The predicted molar refractivity (Wildman–Crippen MR) is 76.0 cm³/mol. The Morgan fingerprint density at radius 2 is 1.95 bits per heavy atom. The van der Waals surface area contributed by atoms with Gasteiger partial charge in [-0.05, 0) is 36.6 Å². The minimum absolute atomic E-state index is 0.103. The third-order valence-electron chi connectivity index (χ3n) is 3.50. The van der Waals surface area contributed by atoms with Crippen LogP contribution in [0.5, 0.6) is 0 Å². The van der Waals surface area contributed by atoms with Crippen molar-refractivity contribution in [3.8, 4) is 0 Å². The molecule has 116 valence electrons. The molecule has 2 N–H and O–H groups in total. The van der Waals surface area contributed by atoms with Gasteiger partial charge in [-0.25, -0.2) is 0 Å². The van der Waals surface area contributed by atoms with Gasteiger partial charge in [-0.2, -0.15) is 13.2 Å². The summed E-state index contributed by atoms with van der Waals surface area (Å²) in [7, 11) is 0. The third-order valence-corrected chi connectivity index (χ3v) is 4.93. The lowest BCUT2D eigenvalue weighted by Gasteiger charge is -2.24. The standard InChI is InChI=1S/C14H11F3N2O2S/c15-14(16,17)8-2-4-10-7(5-8)1-3-11(22-10)9-6-18-12(20)13(21)19-9/h2,4-6,11H,1,3H2,(H,18,20)(H,19,21). The Labute approximate surface area is 126 Å². The molecule has 0 radical (unpaired) electrons. The molecule has 22 heavy (non-hydrogen) atoms. The molecule has 0 saturated heterocycles. The quantitative estimate of drug-likeness (QED) is 0.791. The summed E-state index contributed by atoms with van der Waals surface area (Å²) < 4.78 is 38.1. The maximum Gasteiger partial charge on any atom is 0.416 e. The maximum absolute atomic E-state index is 12.7. The fourth-order valence-corrected chi connectivity index (χ4v) is 3.65. The van der Waals surface area contributed by atoms with E-state index in [4.69, 9.17) is 0 Å². The maximum atomic E-state index is 12.7. The summed E-state index contributed by atoms with van der Waals surface area (Å²) in [6.45, 7) is 0. The summed E-state index contributed by atoms with van der Waals surface area (Å²) in [4.78, 5) is 28.0. The molecule has 3 rings (SSSR count). The average molecular weight is 328 g/mol. The van der Waals surface area contributed by atoms with Crippen LogP contribution >= 0.6 is 11.8 Å². The number of fused-ring (bicyclic) bond motifs is 1. The zero-order valence-corrected chi connectivity index (χ0v) is 12.0. The van der Waals surface area contributed by atoms with Crippen molar-refractivity contribution >= 4 is 11.8 Å². The number of aryl methyl sites for hydroxylation is 1. The zero-order chi connectivity index (χ0) is 15.9. The lowest BCUT2D eigenvalue weighted by Crippen LogP contribution is -2.30. The van der Waals surface area contributed by atoms with E-state index in [2.05, 4.69) is 9.97 Å². The molecule has 1 aromatic carbocycles. The molecule has 0 fully saturated rings. The Hall–Kier alpha value is -1.96. The molecule has 0 saturated carbocycles. The van der Waals surface area contributed by atoms with Gasteiger partial charge in [-0.3, -0.25) is 9.59 Å². The van der Waals surface area contributed by atoms with E-state index in [0.29, 0.717) is 24.1 Å². The van der Waals surface area contributed by atoms with Gasteiger partial charge in [0, 0.05) is 16.8 Å². The molecule has 1 aliphatic rings. The van der Waals surface area contributed by atoms with Gasteiger partial charge in [-0.1, -0.05) is 0 Å². The zero-order valence-electron chi connectivity index (χ0n) is 11.2. The van der Waals surface area contributed by atoms with Crippen LogP contribution in [0, 0.1) is 0 Å². The van der Waals surface area contributed by atoms with Gasteiger partial charge >= 0.3 is 17.3 Å². The summed E-state index contributed by atoms with van der Waals surface area (Å²) in [5.74, 6) is 0. The molecule has 4 nitrogen and oxygen atoms in total. The smallest absolute Gasteiger partial charge is 0.323 e. The van der Waals surface area contributed by atoms with Crippen molar-refractivity contribution in [2.24, 2.45) is 0 Å². The van der Waals surface area contributed by atoms with E-state index in [-0.39, 0.29) is 5.25 Å². The summed E-state index contributed by atoms with van der Waals surface area (Å²) in [5.41, 5.74) is -0.873. The Kier molecular flexibility index (Phi) is 3.64. The van der Waals surface area contributed by atoms with E-state index >= 15 is 0 Å². The number of benzene rings is 1. The van der Waals surface area contributed by atoms with E-state index in [1.54, 1.807) is 0 Å². The van der Waals surface area contributed by atoms with Crippen LogP contribution < -0.4 is 11.1 Å². The molecular weight excluding hydrogens is 317 g/mol. The van der Waals surface area contributed by atoms with Crippen LogP contribution in [0.25, 0.3) is 0 Å². The van der Waals surface area contributed by atoms with E-state index in [1.165, 1.54) is 30.1 Å². The van der Waals surface area contributed by atoms with Crippen molar-refractivity contribution in [2.75, 3.05) is 0 Å². The van der Waals surface area contributed by atoms with Gasteiger partial charge in [0.2, 0.25) is 0 Å². The van der Waals surface area contributed by atoms with Crippen molar-refractivity contribution in [1.29, 1.82) is 0 Å². The Morgan fingerprint density at radius 1 is 1.18 bits per heavy atom. The number of halogens is 3. The van der Waals surface area contributed by atoms with E-state index in [9.17, 15) is 22.8 Å². The lowest BCUT2D eigenvalue weighted by molar-refractivity contribution is -0.137. The highest BCUT2D eigenvalue weighted by Gasteiger charge is 2.32. The molecule has 2 aromatic rings. The first-order valence-electron chi connectivity index (χ1n) is 6.53. The minimum Gasteiger partial charge on any atom is -0.323 e. The van der Waals surface area contributed by atoms with Crippen LogP contribution in [0.2, 0.25) is 0 Å². The number of aromatic nitrogens is 2. The Morgan fingerprint density at radius 3 is 2.64 bits per heavy atom. The number of rotatable bonds is 1. The third kappa shape index (κ3) is 2.83. The summed E-state index contributed by atoms with van der Waals surface area (Å²) in [5, 5.41) is -0.103. The molecule has 0 amide bonds. The second-order valence-corrected chi connectivity index (χ2v) is 6.24. The van der Waals surface area contributed by atoms with Crippen molar-refractivity contribution in [3.05, 3.63) is 61.9 Å². The molecule has 1 atom stereocenters. The average Bonchev–Trinajstić information content (AvgIpc) is 2.48. The van der Waals surface area contributed by atoms with Crippen LogP contribution in [0.15, 0.2) is 38.9 Å². The predicted octanol–water partition coefficient (Wildman–Crippen LogP) is 2.86. The van der Waals surface area contributed by atoms with Gasteiger partial charge < -0.3 is 9.97 Å². The molecule has 0 aliphatic carbocycles. The molecular formula is C14H11F3N2O2S. The van der Waals surface area contributed by atoms with Gasteiger partial charge in [0.05, 0.1) is 10.8 Å². The van der Waals surface area contributed by atoms with Crippen molar-refractivity contribution in [2.45, 2.75) is 29.2 Å². The van der Waals surface area contributed by atoms with Crippen molar-refractivity contribution in [3.63, 3.8) is 0 Å². The first kappa shape index (κ1) is 15.0. The number of nitrogens with one attached hydrogen (secondary N) is 2. The SMILES string of the molecule is O=c1[nH]cc(C2CCc3cc(C(F)(F)F)ccc3S2)[nH]c1=O. The van der Waals surface area contributed by atoms with E-state index < -0.39 is 22.9 Å². The summed E-state index contributed by atoms with van der Waals surface area (Å²) in [6, 6.07) is 3.69. The van der Waals surface area contributed by atoms with Gasteiger partial charge in [0.15, 0.2) is 0 Å². The molecule has 0 spiro atoms. The van der Waals surface area contributed by atoms with E-state index in [1.807, 2.05) is 0 Å². The normalized spacial score (nSPS) is 18.0. The molecule has 1 aliphatic heterocycles. The number of hydrogen-bond donors (Lipinski definition) is 2. The van der Waals surface area contributed by atoms with Crippen LogP contribution in [0.4, 0.5) is 13.2 Å². The highest BCUT2D eigenvalue weighted by Crippen LogP contribution is 2.45. The minimum atomic E-state index is -4.35. The number of hydrogen-bond acceptors (Lipinski definition) is 3. The largest absolute Gasteiger partial charge is 0.416 e. The highest BCUT2D eigenvalue weighted by atomic mass is 32.2. The highest BCUT2D eigenvalue weighted by molar-refractivity contribution is 7.99. The molecule has 2 heterocycles. The molecule has 8 heteroatoms. The van der Waals surface area contributed by atoms with E-state index in [0.717, 1.165) is 11.0 Å². The number of aromatic amines is 2. The van der Waals surface area contributed by atoms with Gasteiger partial charge in [-0.15, -0.1) is 11.8 Å². The van der Waals surface area contributed by atoms with Crippen LogP contribution in [-0.4, -0.2) is 9.97 Å². The number of thioether (sulfide) groups is 1. The summed E-state index contributed by atoms with van der Waals surface area (Å²) in [6.07, 6.45) is -1.84. The number of H-pyrrole nitrogens is 2. The Bertz CT molecular complexity index is 826. The van der Waals surface area contributed by atoms with Crippen molar-refractivity contribution < 1.29 is 13.2 Å². The second-order valence-electron chi connectivity index (χ2n) is 4.99. The van der Waals surface area contributed by atoms with Crippen LogP contribution in [-0.2, 0) is 12.6 Å². The van der Waals surface area contributed by atoms with Crippen molar-refractivity contribution in [1.82, 2.24) is 9.97 Å². The first-order chi connectivity index (χ1) is 10.3. The number of alkyl halides is 3. The van der Waals surface area contributed by atoms with Gasteiger partial charge in [0.25, 0.3) is 0 Å². The molecule has 1 unspecified atom stereocenters. The molecule has 0 bridgehead atoms. The second kappa shape index (κ2) is 5.35.